The molecule has 0 bridgehead atoms. The van der Waals surface area contributed by atoms with Gasteiger partial charge in [-0.3, -0.25) is 9.69 Å². The van der Waals surface area contributed by atoms with Crippen LogP contribution in [0.15, 0.2) is 53.4 Å². The van der Waals surface area contributed by atoms with E-state index in [2.05, 4.69) is 10.2 Å². The molecule has 8 heteroatoms. The van der Waals surface area contributed by atoms with Crippen LogP contribution >= 0.6 is 0 Å². The Morgan fingerprint density at radius 2 is 1.67 bits per heavy atom. The number of hydrogen-bond acceptors (Lipinski definition) is 5. The number of rotatable bonds is 8. The predicted molar refractivity (Wildman–Crippen MR) is 116 cm³/mol. The molecule has 1 N–H and O–H groups in total. The highest BCUT2D eigenvalue weighted by atomic mass is 32.2. The van der Waals surface area contributed by atoms with Crippen LogP contribution in [0.5, 0.6) is 5.75 Å². The first-order valence-corrected chi connectivity index (χ1v) is 11.5. The zero-order valence-corrected chi connectivity index (χ0v) is 18.5. The summed E-state index contributed by atoms with van der Waals surface area (Å²) in [6.45, 7) is 2.48. The second-order valence-electron chi connectivity index (χ2n) is 7.55. The molecule has 0 aromatic heterocycles. The Bertz CT molecular complexity index is 951. The summed E-state index contributed by atoms with van der Waals surface area (Å²) in [4.78, 5) is 15.2. The molecule has 0 saturated carbocycles. The molecule has 162 valence electrons. The lowest BCUT2D eigenvalue weighted by Gasteiger charge is -2.28. The molecule has 1 aliphatic heterocycles. The van der Waals surface area contributed by atoms with Gasteiger partial charge in [-0.1, -0.05) is 12.1 Å². The van der Waals surface area contributed by atoms with Crippen LogP contribution in [0.3, 0.4) is 0 Å². The van der Waals surface area contributed by atoms with Crippen molar-refractivity contribution in [2.24, 2.45) is 0 Å². The van der Waals surface area contributed by atoms with E-state index in [1.54, 1.807) is 19.2 Å². The van der Waals surface area contributed by atoms with Gasteiger partial charge in [-0.25, -0.2) is 12.7 Å². The zero-order valence-electron chi connectivity index (χ0n) is 17.7. The van der Waals surface area contributed by atoms with E-state index in [9.17, 15) is 13.2 Å². The molecule has 3 rings (SSSR count). The van der Waals surface area contributed by atoms with Gasteiger partial charge in [0.1, 0.15) is 5.75 Å². The maximum absolute atomic E-state index is 12.7. The highest BCUT2D eigenvalue weighted by molar-refractivity contribution is 7.89. The van der Waals surface area contributed by atoms with Gasteiger partial charge in [-0.2, -0.15) is 0 Å². The summed E-state index contributed by atoms with van der Waals surface area (Å²) in [5.41, 5.74) is 1.56. The summed E-state index contributed by atoms with van der Waals surface area (Å²) >= 11 is 0. The number of methoxy groups -OCH3 is 1. The fourth-order valence-electron chi connectivity index (χ4n) is 3.62. The summed E-state index contributed by atoms with van der Waals surface area (Å²) in [5.74, 6) is 0.581. The number of benzene rings is 2. The van der Waals surface area contributed by atoms with Gasteiger partial charge < -0.3 is 10.1 Å². The van der Waals surface area contributed by atoms with Crippen LogP contribution in [0, 0.1) is 0 Å². The third-order valence-corrected chi connectivity index (χ3v) is 7.26. The zero-order chi connectivity index (χ0) is 21.7. The highest BCUT2D eigenvalue weighted by Gasteiger charge is 2.24. The number of ether oxygens (including phenoxy) is 1. The maximum atomic E-state index is 12.7. The van der Waals surface area contributed by atoms with E-state index in [4.69, 9.17) is 4.74 Å². The van der Waals surface area contributed by atoms with Gasteiger partial charge in [0.25, 0.3) is 5.91 Å². The minimum absolute atomic E-state index is 0.0794. The van der Waals surface area contributed by atoms with Gasteiger partial charge >= 0.3 is 0 Å². The molecule has 1 aliphatic rings. The van der Waals surface area contributed by atoms with Gasteiger partial charge in [-0.05, 0) is 67.9 Å². The molecule has 2 aromatic rings. The average molecular weight is 432 g/mol. The summed E-state index contributed by atoms with van der Waals surface area (Å²) < 4.78 is 30.8. The van der Waals surface area contributed by atoms with Gasteiger partial charge in [-0.15, -0.1) is 0 Å². The number of nitrogens with one attached hydrogen (secondary N) is 1. The topological polar surface area (TPSA) is 78.9 Å². The summed E-state index contributed by atoms with van der Waals surface area (Å²) in [5, 5.41) is 3.01. The lowest BCUT2D eigenvalue weighted by atomic mass is 10.0. The van der Waals surface area contributed by atoms with Crippen LogP contribution in [0.2, 0.25) is 0 Å². The molecule has 1 heterocycles. The number of hydrogen-bond donors (Lipinski definition) is 1. The first-order chi connectivity index (χ1) is 14.3. The van der Waals surface area contributed by atoms with Crippen molar-refractivity contribution in [1.82, 2.24) is 14.5 Å². The Labute approximate surface area is 178 Å². The molecule has 7 nitrogen and oxygen atoms in total. The second-order valence-corrected chi connectivity index (χ2v) is 9.71. The van der Waals surface area contributed by atoms with Crippen molar-refractivity contribution in [1.29, 1.82) is 0 Å². The van der Waals surface area contributed by atoms with Gasteiger partial charge in [0.05, 0.1) is 18.0 Å². The Balaban J connectivity index is 1.71. The minimum Gasteiger partial charge on any atom is -0.497 e. The summed E-state index contributed by atoms with van der Waals surface area (Å²) in [7, 11) is 1.09. The van der Waals surface area contributed by atoms with E-state index in [0.717, 1.165) is 41.5 Å². The van der Waals surface area contributed by atoms with Crippen molar-refractivity contribution >= 4 is 15.9 Å². The fraction of sp³-hybridized carbons (Fsp3) is 0.409. The first kappa shape index (κ1) is 22.3. The van der Waals surface area contributed by atoms with Crippen LogP contribution in [-0.4, -0.2) is 64.4 Å². The molecule has 2 aromatic carbocycles. The molecule has 0 radical (unpaired) electrons. The van der Waals surface area contributed by atoms with Gasteiger partial charge in [0.15, 0.2) is 0 Å². The SMILES string of the molecule is COc1ccc([C@@H](CNC(=O)c2ccc(S(=O)(=O)N(C)C)cc2)N2CCCC2)cc1. The van der Waals surface area contributed by atoms with Crippen LogP contribution in [0.25, 0.3) is 0 Å². The first-order valence-electron chi connectivity index (χ1n) is 10.0. The molecular formula is C22H29N3O4S. The number of carbonyl (C=O) groups is 1. The largest absolute Gasteiger partial charge is 0.497 e. The minimum atomic E-state index is -3.51. The van der Waals surface area contributed by atoms with Gasteiger partial charge in [0.2, 0.25) is 10.0 Å². The van der Waals surface area contributed by atoms with Crippen LogP contribution in [-0.2, 0) is 10.0 Å². The van der Waals surface area contributed by atoms with Crippen LogP contribution in [0.4, 0.5) is 0 Å². The highest BCUT2D eigenvalue weighted by Crippen LogP contribution is 2.26. The van der Waals surface area contributed by atoms with E-state index >= 15 is 0 Å². The Morgan fingerprint density at radius 1 is 1.07 bits per heavy atom. The van der Waals surface area contributed by atoms with Crippen molar-refractivity contribution in [2.45, 2.75) is 23.8 Å². The maximum Gasteiger partial charge on any atom is 0.251 e. The monoisotopic (exact) mass is 431 g/mol. The number of amides is 1. The molecule has 1 fully saturated rings. The smallest absolute Gasteiger partial charge is 0.251 e. The van der Waals surface area contributed by atoms with Crippen molar-refractivity contribution < 1.29 is 17.9 Å². The number of nitrogens with zero attached hydrogens (tertiary/aromatic N) is 2. The normalized spacial score (nSPS) is 15.9. The van der Waals surface area contributed by atoms with E-state index in [-0.39, 0.29) is 16.8 Å². The van der Waals surface area contributed by atoms with Crippen LogP contribution < -0.4 is 10.1 Å². The number of carbonyl (C=O) groups excluding carboxylic acids is 1. The molecule has 0 spiro atoms. The van der Waals surface area contributed by atoms with Crippen molar-refractivity contribution in [3.05, 3.63) is 59.7 Å². The molecule has 0 unspecified atom stereocenters. The lowest BCUT2D eigenvalue weighted by molar-refractivity contribution is 0.0937. The van der Waals surface area contributed by atoms with Gasteiger partial charge in [0, 0.05) is 26.2 Å². The third kappa shape index (κ3) is 5.00. The molecular weight excluding hydrogens is 402 g/mol. The Hall–Kier alpha value is -2.42. The standard InChI is InChI=1S/C22H29N3O4S/c1-24(2)30(27,28)20-12-8-18(9-13-20)22(26)23-16-21(25-14-4-5-15-25)17-6-10-19(29-3)11-7-17/h6-13,21H,4-5,14-16H2,1-3H3,(H,23,26)/t21-/m1/s1. The molecule has 1 amide bonds. The van der Waals surface area contributed by atoms with Crippen molar-refractivity contribution in [2.75, 3.05) is 40.8 Å². The summed E-state index contributed by atoms with van der Waals surface area (Å²) in [6, 6.07) is 14.0. The molecule has 30 heavy (non-hydrogen) atoms. The molecule has 0 aliphatic carbocycles. The fourth-order valence-corrected chi connectivity index (χ4v) is 4.52. The third-order valence-electron chi connectivity index (χ3n) is 5.43. The van der Waals surface area contributed by atoms with Crippen LogP contribution in [0.1, 0.15) is 34.8 Å². The predicted octanol–water partition coefficient (Wildman–Crippen LogP) is 2.51. The quantitative estimate of drug-likeness (QED) is 0.695. The van der Waals surface area contributed by atoms with E-state index in [1.165, 1.54) is 26.2 Å². The lowest BCUT2D eigenvalue weighted by Crippen LogP contribution is -2.36. The van der Waals surface area contributed by atoms with E-state index in [1.807, 2.05) is 24.3 Å². The second kappa shape index (κ2) is 9.59. The Morgan fingerprint density at radius 3 is 2.20 bits per heavy atom. The average Bonchev–Trinajstić information content (AvgIpc) is 3.28. The number of sulfonamides is 1. The van der Waals surface area contributed by atoms with Crippen molar-refractivity contribution in [3.63, 3.8) is 0 Å². The number of likely N-dealkylation sites (tertiary alicyclic amines) is 1. The molecule has 1 atom stereocenters. The summed E-state index contributed by atoms with van der Waals surface area (Å²) in [6.07, 6.45) is 2.31. The Kier molecular flexibility index (Phi) is 7.12. The van der Waals surface area contributed by atoms with Crippen molar-refractivity contribution in [3.8, 4) is 5.75 Å². The van der Waals surface area contributed by atoms with E-state index < -0.39 is 10.0 Å². The van der Waals surface area contributed by atoms with E-state index in [0.29, 0.717) is 12.1 Å². The molecule has 1 saturated heterocycles.